The fourth-order valence-corrected chi connectivity index (χ4v) is 2.25. The van der Waals surface area contributed by atoms with Crippen molar-refractivity contribution >= 4 is 17.0 Å². The Morgan fingerprint density at radius 2 is 1.68 bits per heavy atom. The van der Waals surface area contributed by atoms with Crippen LogP contribution in [-0.4, -0.2) is 0 Å². The van der Waals surface area contributed by atoms with E-state index in [0.29, 0.717) is 0 Å². The molecule has 2 aliphatic rings. The summed E-state index contributed by atoms with van der Waals surface area (Å²) in [7, 11) is 9.87. The number of halogens is 2. The molecule has 0 atom stereocenters. The maximum absolute atomic E-state index is 4.93. The molecule has 0 fully saturated rings. The zero-order valence-electron chi connectivity index (χ0n) is 12.1. The molecule has 0 aromatic carbocycles. The van der Waals surface area contributed by atoms with E-state index in [0.717, 1.165) is 6.42 Å². The Balaban J connectivity index is 0.000000550. The number of hydrogen-bond acceptors (Lipinski definition) is 0. The van der Waals surface area contributed by atoms with Crippen molar-refractivity contribution in [3.63, 3.8) is 0 Å². The molecule has 0 nitrogen and oxygen atoms in total. The second kappa shape index (κ2) is 7.82. The van der Waals surface area contributed by atoms with Gasteiger partial charge in [-0.15, -0.1) is 23.3 Å². The van der Waals surface area contributed by atoms with Gasteiger partial charge in [0.05, 0.1) is 0 Å². The molecule has 0 unspecified atom stereocenters. The van der Waals surface area contributed by atoms with Gasteiger partial charge >= 0.3 is 37.9 Å². The van der Waals surface area contributed by atoms with Crippen LogP contribution in [0.15, 0.2) is 51.2 Å². The third kappa shape index (κ3) is 4.59. The SMILES string of the molecule is CC1=[C-]C2=CC(=C(C)C)CC(=C(C)C)C2=C1.[Cl][Zr][Cl]. The van der Waals surface area contributed by atoms with E-state index in [1.807, 2.05) is 0 Å². The summed E-state index contributed by atoms with van der Waals surface area (Å²) in [5.41, 5.74) is 9.68. The molecule has 0 radical (unpaired) electrons. The summed E-state index contributed by atoms with van der Waals surface area (Å²) in [5.74, 6) is 0. The van der Waals surface area contributed by atoms with E-state index in [9.17, 15) is 0 Å². The molecule has 0 aliphatic heterocycles. The van der Waals surface area contributed by atoms with E-state index in [-0.39, 0.29) is 0 Å². The van der Waals surface area contributed by atoms with Gasteiger partial charge in [-0.3, -0.25) is 0 Å². The van der Waals surface area contributed by atoms with E-state index in [2.05, 4.69) is 52.8 Å². The van der Waals surface area contributed by atoms with Crippen LogP contribution >= 0.6 is 17.0 Å². The van der Waals surface area contributed by atoms with Gasteiger partial charge in [0, 0.05) is 0 Å². The summed E-state index contributed by atoms with van der Waals surface area (Å²) < 4.78 is 0. The van der Waals surface area contributed by atoms with E-state index in [4.69, 9.17) is 17.0 Å². The Morgan fingerprint density at radius 1 is 1.11 bits per heavy atom. The Kier molecular flexibility index (Phi) is 7.08. The van der Waals surface area contributed by atoms with Gasteiger partial charge in [0.2, 0.25) is 0 Å². The Labute approximate surface area is 135 Å². The summed E-state index contributed by atoms with van der Waals surface area (Å²) in [6.45, 7) is 10.9. The molecule has 3 heteroatoms. The predicted octanol–water partition coefficient (Wildman–Crippen LogP) is 6.06. The van der Waals surface area contributed by atoms with Crippen LogP contribution in [0.3, 0.4) is 0 Å². The van der Waals surface area contributed by atoms with Gasteiger partial charge in [-0.05, 0) is 34.1 Å². The Hall–Kier alpha value is 0.163. The summed E-state index contributed by atoms with van der Waals surface area (Å²) in [4.78, 5) is 0. The zero-order chi connectivity index (χ0) is 14.6. The van der Waals surface area contributed by atoms with Crippen LogP contribution in [0.1, 0.15) is 41.0 Å². The summed E-state index contributed by atoms with van der Waals surface area (Å²) in [6.07, 6.45) is 9.08. The van der Waals surface area contributed by atoms with Crippen LogP contribution in [0, 0.1) is 6.08 Å². The predicted molar refractivity (Wildman–Crippen MR) is 81.7 cm³/mol. The molecular weight excluding hydrogens is 354 g/mol. The first-order valence-corrected chi connectivity index (χ1v) is 12.6. The molecule has 0 aromatic rings. The summed E-state index contributed by atoms with van der Waals surface area (Å²) >= 11 is -0.826. The molecule has 0 saturated carbocycles. The monoisotopic (exact) mass is 371 g/mol. The topological polar surface area (TPSA) is 0 Å². The molecule has 19 heavy (non-hydrogen) atoms. The molecule has 2 aliphatic carbocycles. The van der Waals surface area contributed by atoms with E-state index in [1.165, 1.54) is 39.0 Å². The van der Waals surface area contributed by atoms with Crippen molar-refractivity contribution in [2.24, 2.45) is 0 Å². The number of allylic oxidation sites excluding steroid dienone is 10. The third-order valence-corrected chi connectivity index (χ3v) is 3.24. The average molecular weight is 373 g/mol. The minimum atomic E-state index is -0.826. The van der Waals surface area contributed by atoms with Gasteiger partial charge in [0.15, 0.2) is 0 Å². The molecule has 0 saturated heterocycles. The van der Waals surface area contributed by atoms with Gasteiger partial charge in [0.1, 0.15) is 0 Å². The first-order valence-electron chi connectivity index (χ1n) is 6.24. The molecule has 0 bridgehead atoms. The molecule has 0 aromatic heterocycles. The van der Waals surface area contributed by atoms with Crippen molar-refractivity contribution in [3.05, 3.63) is 57.2 Å². The van der Waals surface area contributed by atoms with Gasteiger partial charge in [-0.25, -0.2) is 0 Å². The summed E-state index contributed by atoms with van der Waals surface area (Å²) in [6, 6.07) is 0. The van der Waals surface area contributed by atoms with Crippen molar-refractivity contribution < 1.29 is 20.8 Å². The molecular formula is C16H19Cl2Zr-. The van der Waals surface area contributed by atoms with Crippen molar-refractivity contribution in [3.8, 4) is 0 Å². The first kappa shape index (κ1) is 17.2. The van der Waals surface area contributed by atoms with Crippen molar-refractivity contribution in [2.45, 2.75) is 41.0 Å². The number of fused-ring (bicyclic) bond motifs is 1. The Bertz CT molecular complexity index is 509. The fourth-order valence-electron chi connectivity index (χ4n) is 2.25. The third-order valence-electron chi connectivity index (χ3n) is 3.24. The van der Waals surface area contributed by atoms with Crippen molar-refractivity contribution in [1.82, 2.24) is 0 Å². The number of rotatable bonds is 0. The van der Waals surface area contributed by atoms with Crippen molar-refractivity contribution in [2.75, 3.05) is 0 Å². The summed E-state index contributed by atoms with van der Waals surface area (Å²) in [5, 5.41) is 0. The molecule has 102 valence electrons. The van der Waals surface area contributed by atoms with E-state index in [1.54, 1.807) is 0 Å². The van der Waals surface area contributed by atoms with Crippen LogP contribution in [-0.2, 0) is 20.8 Å². The quantitative estimate of drug-likeness (QED) is 0.453. The van der Waals surface area contributed by atoms with Crippen LogP contribution in [0.4, 0.5) is 0 Å². The van der Waals surface area contributed by atoms with Gasteiger partial charge in [-0.2, -0.15) is 11.6 Å². The molecule has 0 heterocycles. The van der Waals surface area contributed by atoms with Crippen molar-refractivity contribution in [1.29, 1.82) is 0 Å². The fraction of sp³-hybridized carbons (Fsp3) is 0.375. The molecule has 0 N–H and O–H groups in total. The normalized spacial score (nSPS) is 16.7. The Morgan fingerprint density at radius 3 is 2.16 bits per heavy atom. The van der Waals surface area contributed by atoms with Gasteiger partial charge in [-0.1, -0.05) is 29.2 Å². The van der Waals surface area contributed by atoms with Crippen LogP contribution in [0.25, 0.3) is 0 Å². The second-order valence-corrected chi connectivity index (χ2v) is 8.91. The van der Waals surface area contributed by atoms with E-state index < -0.39 is 20.8 Å². The zero-order valence-corrected chi connectivity index (χ0v) is 16.1. The molecule has 0 amide bonds. The van der Waals surface area contributed by atoms with Crippen LogP contribution in [0.2, 0.25) is 0 Å². The second-order valence-electron chi connectivity index (χ2n) is 5.18. The molecule has 0 spiro atoms. The van der Waals surface area contributed by atoms with Crippen LogP contribution < -0.4 is 0 Å². The standard InChI is InChI=1S/C16H19.2ClH.Zr/c1-10(2)13-8-14-6-12(5)7-16(14)15(9-13)11(3)4;;;/h7-8H,9H2,1-5H3;2*1H;/q-1;;;+2/p-2. The maximum atomic E-state index is 4.93. The molecule has 2 rings (SSSR count). The average Bonchev–Trinajstić information content (AvgIpc) is 2.68. The van der Waals surface area contributed by atoms with Gasteiger partial charge < -0.3 is 0 Å². The first-order chi connectivity index (χ1) is 8.90. The number of hydrogen-bond donors (Lipinski definition) is 0. The van der Waals surface area contributed by atoms with Crippen LogP contribution in [0.5, 0.6) is 0 Å². The van der Waals surface area contributed by atoms with E-state index >= 15 is 0 Å². The minimum absolute atomic E-state index is 0.826. The van der Waals surface area contributed by atoms with Gasteiger partial charge in [0.25, 0.3) is 0 Å².